The highest BCUT2D eigenvalue weighted by Crippen LogP contribution is 2.04. The molecule has 0 saturated carbocycles. The number of hydrogen-bond donors (Lipinski definition) is 1. The highest BCUT2D eigenvalue weighted by Gasteiger charge is 2.21. The van der Waals surface area contributed by atoms with Crippen LogP contribution in [0.25, 0.3) is 0 Å². The van der Waals surface area contributed by atoms with E-state index < -0.39 is 7.32 Å². The zero-order valence-electron chi connectivity index (χ0n) is 7.33. The lowest BCUT2D eigenvalue weighted by Gasteiger charge is -2.16. The number of nitrogens with two attached hydrogens (primary N) is 1. The predicted molar refractivity (Wildman–Crippen MR) is 46.5 cm³/mol. The molecule has 1 aliphatic rings. The summed E-state index contributed by atoms with van der Waals surface area (Å²) in [5, 5.41) is 0. The minimum absolute atomic E-state index is 0.491. The predicted octanol–water partition coefficient (Wildman–Crippen LogP) is 0.164. The molecule has 1 rings (SSSR count). The summed E-state index contributed by atoms with van der Waals surface area (Å²) in [6.45, 7) is 2.43. The third kappa shape index (κ3) is 4.06. The molecule has 0 aromatic heterocycles. The summed E-state index contributed by atoms with van der Waals surface area (Å²) >= 11 is 0. The molecule has 0 radical (unpaired) electrons. The van der Waals surface area contributed by atoms with Gasteiger partial charge in [0.1, 0.15) is 0 Å². The molecular formula is C7H16BNO3. The monoisotopic (exact) mass is 173 g/mol. The van der Waals surface area contributed by atoms with Crippen LogP contribution in [0.5, 0.6) is 0 Å². The van der Waals surface area contributed by atoms with E-state index >= 15 is 0 Å². The van der Waals surface area contributed by atoms with Crippen molar-refractivity contribution in [3.05, 3.63) is 0 Å². The molecule has 1 saturated heterocycles. The Morgan fingerprint density at radius 1 is 1.17 bits per heavy atom. The Labute approximate surface area is 73.5 Å². The first kappa shape index (κ1) is 9.99. The van der Waals surface area contributed by atoms with E-state index in [0.717, 1.165) is 26.1 Å². The second-order valence-electron chi connectivity index (χ2n) is 2.75. The van der Waals surface area contributed by atoms with E-state index in [1.54, 1.807) is 0 Å². The SMILES string of the molecule is NCCOB1OCCCCCO1. The fourth-order valence-electron chi connectivity index (χ4n) is 1.05. The molecule has 1 heterocycles. The van der Waals surface area contributed by atoms with Crippen LogP contribution in [0.3, 0.4) is 0 Å². The standard InChI is InChI=1S/C7H16BNO3/c9-4-7-12-8-10-5-2-1-3-6-11-8/h1-7,9H2. The van der Waals surface area contributed by atoms with Crippen molar-refractivity contribution in [2.24, 2.45) is 5.73 Å². The van der Waals surface area contributed by atoms with Gasteiger partial charge in [-0.15, -0.1) is 0 Å². The van der Waals surface area contributed by atoms with Crippen LogP contribution in [0.2, 0.25) is 0 Å². The van der Waals surface area contributed by atoms with Crippen LogP contribution in [0.1, 0.15) is 19.3 Å². The first-order valence-electron chi connectivity index (χ1n) is 4.48. The van der Waals surface area contributed by atoms with Gasteiger partial charge in [-0.2, -0.15) is 0 Å². The number of rotatable bonds is 3. The van der Waals surface area contributed by atoms with E-state index in [1.807, 2.05) is 0 Å². The molecule has 0 atom stereocenters. The highest BCUT2D eigenvalue weighted by atomic mass is 16.7. The molecule has 0 aromatic rings. The highest BCUT2D eigenvalue weighted by molar-refractivity contribution is 6.36. The first-order chi connectivity index (χ1) is 5.93. The van der Waals surface area contributed by atoms with Gasteiger partial charge in [-0.3, -0.25) is 0 Å². The maximum Gasteiger partial charge on any atom is 0.639 e. The molecule has 2 N–H and O–H groups in total. The zero-order valence-corrected chi connectivity index (χ0v) is 7.33. The van der Waals surface area contributed by atoms with Gasteiger partial charge in [-0.25, -0.2) is 0 Å². The third-order valence-corrected chi connectivity index (χ3v) is 1.67. The first-order valence-corrected chi connectivity index (χ1v) is 4.48. The van der Waals surface area contributed by atoms with E-state index in [4.69, 9.17) is 19.7 Å². The Hall–Kier alpha value is -0.0951. The molecular weight excluding hydrogens is 157 g/mol. The van der Waals surface area contributed by atoms with Gasteiger partial charge in [0.15, 0.2) is 0 Å². The molecule has 4 nitrogen and oxygen atoms in total. The van der Waals surface area contributed by atoms with Crippen molar-refractivity contribution < 1.29 is 14.0 Å². The maximum absolute atomic E-state index is 5.28. The summed E-state index contributed by atoms with van der Waals surface area (Å²) in [5.41, 5.74) is 5.28. The average molecular weight is 173 g/mol. The Kier molecular flexibility index (Phi) is 5.35. The van der Waals surface area contributed by atoms with Crippen LogP contribution in [0, 0.1) is 0 Å². The third-order valence-electron chi connectivity index (χ3n) is 1.67. The normalized spacial score (nSPS) is 20.2. The van der Waals surface area contributed by atoms with Crippen molar-refractivity contribution in [1.29, 1.82) is 0 Å². The molecule has 0 spiro atoms. The quantitative estimate of drug-likeness (QED) is 0.617. The lowest BCUT2D eigenvalue weighted by atomic mass is 10.1. The summed E-state index contributed by atoms with van der Waals surface area (Å²) in [6, 6.07) is 0. The van der Waals surface area contributed by atoms with Crippen molar-refractivity contribution in [1.82, 2.24) is 0 Å². The largest absolute Gasteiger partial charge is 0.639 e. The van der Waals surface area contributed by atoms with Gasteiger partial charge in [0, 0.05) is 26.4 Å². The summed E-state index contributed by atoms with van der Waals surface area (Å²) in [6.07, 6.45) is 3.35. The molecule has 0 unspecified atom stereocenters. The fourth-order valence-corrected chi connectivity index (χ4v) is 1.05. The topological polar surface area (TPSA) is 53.7 Å². The molecule has 5 heteroatoms. The van der Waals surface area contributed by atoms with E-state index in [1.165, 1.54) is 6.42 Å². The maximum atomic E-state index is 5.28. The van der Waals surface area contributed by atoms with Crippen LogP contribution in [0.15, 0.2) is 0 Å². The molecule has 1 fully saturated rings. The van der Waals surface area contributed by atoms with Crippen LogP contribution in [-0.2, 0) is 14.0 Å². The summed E-state index contributed by atoms with van der Waals surface area (Å²) in [5.74, 6) is 0. The summed E-state index contributed by atoms with van der Waals surface area (Å²) in [7, 11) is -0.492. The molecule has 12 heavy (non-hydrogen) atoms. The molecule has 0 aromatic carbocycles. The minimum Gasteiger partial charge on any atom is -0.386 e. The van der Waals surface area contributed by atoms with Crippen molar-refractivity contribution in [3.8, 4) is 0 Å². The Morgan fingerprint density at radius 2 is 1.83 bits per heavy atom. The minimum atomic E-state index is -0.492. The van der Waals surface area contributed by atoms with Crippen molar-refractivity contribution in [2.45, 2.75) is 19.3 Å². The smallest absolute Gasteiger partial charge is 0.386 e. The second kappa shape index (κ2) is 6.42. The lowest BCUT2D eigenvalue weighted by Crippen LogP contribution is -2.31. The molecule has 0 amide bonds. The van der Waals surface area contributed by atoms with Crippen LogP contribution < -0.4 is 5.73 Å². The summed E-state index contributed by atoms with van der Waals surface area (Å²) < 4.78 is 15.8. The molecule has 70 valence electrons. The van der Waals surface area contributed by atoms with Gasteiger partial charge in [-0.1, -0.05) is 0 Å². The molecule has 0 aliphatic carbocycles. The summed E-state index contributed by atoms with van der Waals surface area (Å²) in [4.78, 5) is 0. The zero-order chi connectivity index (χ0) is 8.65. The van der Waals surface area contributed by atoms with Gasteiger partial charge in [0.2, 0.25) is 0 Å². The fraction of sp³-hybridized carbons (Fsp3) is 1.00. The van der Waals surface area contributed by atoms with Crippen molar-refractivity contribution in [2.75, 3.05) is 26.4 Å². The van der Waals surface area contributed by atoms with Gasteiger partial charge >= 0.3 is 7.32 Å². The average Bonchev–Trinajstić information content (AvgIpc) is 2.02. The van der Waals surface area contributed by atoms with Gasteiger partial charge in [0.25, 0.3) is 0 Å². The lowest BCUT2D eigenvalue weighted by molar-refractivity contribution is 0.0812. The van der Waals surface area contributed by atoms with Crippen molar-refractivity contribution in [3.63, 3.8) is 0 Å². The van der Waals surface area contributed by atoms with E-state index in [9.17, 15) is 0 Å². The van der Waals surface area contributed by atoms with Gasteiger partial charge in [0.05, 0.1) is 0 Å². The van der Waals surface area contributed by atoms with Gasteiger partial charge < -0.3 is 19.7 Å². The van der Waals surface area contributed by atoms with E-state index in [0.29, 0.717) is 13.2 Å². The van der Waals surface area contributed by atoms with Crippen LogP contribution in [-0.4, -0.2) is 33.7 Å². The molecule has 0 bridgehead atoms. The Bertz CT molecular complexity index is 104. The Morgan fingerprint density at radius 3 is 2.42 bits per heavy atom. The van der Waals surface area contributed by atoms with E-state index in [-0.39, 0.29) is 0 Å². The van der Waals surface area contributed by atoms with Crippen molar-refractivity contribution >= 4 is 7.32 Å². The number of hydrogen-bond acceptors (Lipinski definition) is 4. The van der Waals surface area contributed by atoms with E-state index in [2.05, 4.69) is 0 Å². The Balaban J connectivity index is 2.11. The van der Waals surface area contributed by atoms with Crippen LogP contribution in [0.4, 0.5) is 0 Å². The second-order valence-corrected chi connectivity index (χ2v) is 2.75. The van der Waals surface area contributed by atoms with Gasteiger partial charge in [-0.05, 0) is 19.3 Å². The molecule has 1 aliphatic heterocycles. The van der Waals surface area contributed by atoms with Crippen LogP contribution >= 0.6 is 0 Å².